The number of aromatic nitrogens is 2. The van der Waals surface area contributed by atoms with Gasteiger partial charge in [0.1, 0.15) is 5.82 Å². The number of nitrogens with one attached hydrogen (secondary N) is 1. The second kappa shape index (κ2) is 7.22. The molecule has 0 spiro atoms. The van der Waals surface area contributed by atoms with Gasteiger partial charge in [-0.25, -0.2) is 4.98 Å². The van der Waals surface area contributed by atoms with Crippen molar-refractivity contribution in [2.75, 3.05) is 43.9 Å². The average molecular weight is 342 g/mol. The van der Waals surface area contributed by atoms with Gasteiger partial charge in [-0.05, 0) is 48.8 Å². The Kier molecular flexibility index (Phi) is 5.60. The van der Waals surface area contributed by atoms with E-state index in [1.54, 1.807) is 0 Å². The van der Waals surface area contributed by atoms with Crippen molar-refractivity contribution in [3.05, 3.63) is 10.7 Å². The summed E-state index contributed by atoms with van der Waals surface area (Å²) in [5.74, 6) is 1.68. The van der Waals surface area contributed by atoms with E-state index >= 15 is 0 Å². The van der Waals surface area contributed by atoms with Crippen molar-refractivity contribution in [3.63, 3.8) is 0 Å². The monoisotopic (exact) mass is 341 g/mol. The summed E-state index contributed by atoms with van der Waals surface area (Å²) in [6.07, 6.45) is 5.37. The highest BCUT2D eigenvalue weighted by molar-refractivity contribution is 9.10. The fourth-order valence-electron chi connectivity index (χ4n) is 2.56. The van der Waals surface area contributed by atoms with Crippen LogP contribution in [0.15, 0.2) is 10.7 Å². The van der Waals surface area contributed by atoms with Gasteiger partial charge in [-0.3, -0.25) is 0 Å². The lowest BCUT2D eigenvalue weighted by Gasteiger charge is -2.36. The van der Waals surface area contributed by atoms with Crippen molar-refractivity contribution in [1.29, 1.82) is 0 Å². The Bertz CT molecular complexity index is 440. The highest BCUT2D eigenvalue weighted by atomic mass is 79.9. The molecule has 0 saturated carbocycles. The normalized spacial score (nSPS) is 19.9. The fourth-order valence-corrected chi connectivity index (χ4v) is 3.03. The molecule has 112 valence electrons. The van der Waals surface area contributed by atoms with Crippen molar-refractivity contribution in [3.8, 4) is 0 Å². The van der Waals surface area contributed by atoms with E-state index in [0.29, 0.717) is 12.0 Å². The number of rotatable bonds is 5. The van der Waals surface area contributed by atoms with E-state index in [-0.39, 0.29) is 0 Å². The maximum absolute atomic E-state index is 4.65. The van der Waals surface area contributed by atoms with E-state index in [4.69, 9.17) is 0 Å². The number of anilines is 2. The summed E-state index contributed by atoms with van der Waals surface area (Å²) in [4.78, 5) is 13.6. The maximum atomic E-state index is 4.65. The van der Waals surface area contributed by atoms with Gasteiger partial charge in [-0.1, -0.05) is 6.92 Å². The molecule has 1 aliphatic rings. The van der Waals surface area contributed by atoms with Crippen LogP contribution in [-0.2, 0) is 0 Å². The van der Waals surface area contributed by atoms with Crippen LogP contribution >= 0.6 is 15.9 Å². The molecule has 2 rings (SSSR count). The number of halogens is 1. The predicted molar refractivity (Wildman–Crippen MR) is 87.4 cm³/mol. The third-order valence-corrected chi connectivity index (χ3v) is 4.30. The topological polar surface area (TPSA) is 44.3 Å². The van der Waals surface area contributed by atoms with Crippen molar-refractivity contribution in [2.24, 2.45) is 0 Å². The van der Waals surface area contributed by atoms with Gasteiger partial charge in [-0.2, -0.15) is 4.98 Å². The first-order valence-electron chi connectivity index (χ1n) is 7.29. The van der Waals surface area contributed by atoms with Crippen LogP contribution in [0.4, 0.5) is 11.8 Å². The third-order valence-electron chi connectivity index (χ3n) is 3.74. The molecule has 1 N–H and O–H groups in total. The molecular formula is C14H24BrN5. The molecule has 6 heteroatoms. The minimum Gasteiger partial charge on any atom is -0.354 e. The molecule has 1 aliphatic heterocycles. The summed E-state index contributed by atoms with van der Waals surface area (Å²) >= 11 is 3.57. The number of likely N-dealkylation sites (tertiary alicyclic amines) is 1. The number of hydrogen-bond acceptors (Lipinski definition) is 5. The van der Waals surface area contributed by atoms with Crippen molar-refractivity contribution in [1.82, 2.24) is 14.9 Å². The first-order valence-corrected chi connectivity index (χ1v) is 8.09. The van der Waals surface area contributed by atoms with Crippen molar-refractivity contribution in [2.45, 2.75) is 32.2 Å². The highest BCUT2D eigenvalue weighted by Gasteiger charge is 2.23. The van der Waals surface area contributed by atoms with Gasteiger partial charge in [0.15, 0.2) is 0 Å². The molecule has 1 fully saturated rings. The third kappa shape index (κ3) is 3.82. The standard InChI is InChI=1S/C14H24BrN5/c1-4-7-16-14-17-9-12(15)13(18-14)20(3)11-6-5-8-19(2)10-11/h9,11H,4-8,10H2,1-3H3,(H,16,17,18). The van der Waals surface area contributed by atoms with Gasteiger partial charge in [0.25, 0.3) is 0 Å². The zero-order chi connectivity index (χ0) is 14.5. The Morgan fingerprint density at radius 2 is 2.35 bits per heavy atom. The van der Waals surface area contributed by atoms with Crippen LogP contribution in [0, 0.1) is 0 Å². The molecule has 5 nitrogen and oxygen atoms in total. The summed E-state index contributed by atoms with van der Waals surface area (Å²) < 4.78 is 0.954. The molecule has 0 radical (unpaired) electrons. The second-order valence-corrected chi connectivity index (χ2v) is 6.32. The van der Waals surface area contributed by atoms with E-state index in [1.807, 2.05) is 6.20 Å². The molecule has 2 heterocycles. The lowest BCUT2D eigenvalue weighted by molar-refractivity contribution is 0.247. The molecule has 1 unspecified atom stereocenters. The molecule has 1 atom stereocenters. The van der Waals surface area contributed by atoms with Gasteiger partial charge < -0.3 is 15.1 Å². The number of piperidine rings is 1. The fraction of sp³-hybridized carbons (Fsp3) is 0.714. The average Bonchev–Trinajstić information content (AvgIpc) is 2.45. The largest absolute Gasteiger partial charge is 0.354 e. The van der Waals surface area contributed by atoms with Gasteiger partial charge >= 0.3 is 0 Å². The van der Waals surface area contributed by atoms with Crippen LogP contribution in [0.25, 0.3) is 0 Å². The summed E-state index contributed by atoms with van der Waals surface area (Å²) in [5, 5.41) is 3.25. The quantitative estimate of drug-likeness (QED) is 0.891. The molecular weight excluding hydrogens is 318 g/mol. The highest BCUT2D eigenvalue weighted by Crippen LogP contribution is 2.27. The molecule has 1 aromatic rings. The Morgan fingerprint density at radius 3 is 3.05 bits per heavy atom. The second-order valence-electron chi connectivity index (χ2n) is 5.46. The number of nitrogens with zero attached hydrogens (tertiary/aromatic N) is 4. The lowest BCUT2D eigenvalue weighted by atomic mass is 10.1. The lowest BCUT2D eigenvalue weighted by Crippen LogP contribution is -2.45. The molecule has 20 heavy (non-hydrogen) atoms. The maximum Gasteiger partial charge on any atom is 0.224 e. The van der Waals surface area contributed by atoms with E-state index in [2.05, 4.69) is 62.0 Å². The van der Waals surface area contributed by atoms with E-state index < -0.39 is 0 Å². The van der Waals surface area contributed by atoms with Crippen LogP contribution in [0.2, 0.25) is 0 Å². The first-order chi connectivity index (χ1) is 9.61. The molecule has 0 bridgehead atoms. The van der Waals surface area contributed by atoms with Crippen LogP contribution in [0.3, 0.4) is 0 Å². The Balaban J connectivity index is 2.13. The van der Waals surface area contributed by atoms with E-state index in [0.717, 1.165) is 29.8 Å². The molecule has 1 aromatic heterocycles. The first kappa shape index (κ1) is 15.5. The Hall–Kier alpha value is -0.880. The Labute approximate surface area is 129 Å². The van der Waals surface area contributed by atoms with Crippen LogP contribution in [0.5, 0.6) is 0 Å². The molecule has 0 aliphatic carbocycles. The Morgan fingerprint density at radius 1 is 1.55 bits per heavy atom. The molecule has 1 saturated heterocycles. The van der Waals surface area contributed by atoms with E-state index in [9.17, 15) is 0 Å². The zero-order valence-electron chi connectivity index (χ0n) is 12.6. The van der Waals surface area contributed by atoms with Crippen LogP contribution < -0.4 is 10.2 Å². The van der Waals surface area contributed by atoms with E-state index in [1.165, 1.54) is 19.4 Å². The summed E-state index contributed by atoms with van der Waals surface area (Å²) in [7, 11) is 4.31. The van der Waals surface area contributed by atoms with Gasteiger partial charge in [-0.15, -0.1) is 0 Å². The van der Waals surface area contributed by atoms with Gasteiger partial charge in [0, 0.05) is 32.4 Å². The number of hydrogen-bond donors (Lipinski definition) is 1. The number of likely N-dealkylation sites (N-methyl/N-ethyl adjacent to an activating group) is 2. The van der Waals surface area contributed by atoms with Gasteiger partial charge in [0.2, 0.25) is 5.95 Å². The minimum absolute atomic E-state index is 0.513. The summed E-state index contributed by atoms with van der Waals surface area (Å²) in [6.45, 7) is 5.32. The predicted octanol–water partition coefficient (Wildman–Crippen LogP) is 2.59. The summed E-state index contributed by atoms with van der Waals surface area (Å²) in [6, 6.07) is 0.513. The van der Waals surface area contributed by atoms with Crippen LogP contribution in [0.1, 0.15) is 26.2 Å². The molecule has 0 aromatic carbocycles. The van der Waals surface area contributed by atoms with Crippen molar-refractivity contribution < 1.29 is 0 Å². The van der Waals surface area contributed by atoms with Crippen molar-refractivity contribution >= 4 is 27.7 Å². The smallest absolute Gasteiger partial charge is 0.224 e. The zero-order valence-corrected chi connectivity index (χ0v) is 14.2. The van der Waals surface area contributed by atoms with Gasteiger partial charge in [0.05, 0.1) is 4.47 Å². The van der Waals surface area contributed by atoms with Crippen LogP contribution in [-0.4, -0.2) is 54.6 Å². The minimum atomic E-state index is 0.513. The SMILES string of the molecule is CCCNc1ncc(Br)c(N(C)C2CCCN(C)C2)n1. The molecule has 0 amide bonds. The summed E-state index contributed by atoms with van der Waals surface area (Å²) in [5.41, 5.74) is 0.